The summed E-state index contributed by atoms with van der Waals surface area (Å²) in [5, 5.41) is 3.35. The molecule has 0 fully saturated rings. The molecule has 5 N–H and O–H groups in total. The molecule has 0 unspecified atom stereocenters. The monoisotopic (exact) mass is 412 g/mol. The van der Waals surface area contributed by atoms with E-state index in [1.807, 2.05) is 54.6 Å². The van der Waals surface area contributed by atoms with Crippen molar-refractivity contribution in [2.45, 2.75) is 6.54 Å². The highest BCUT2D eigenvalue weighted by molar-refractivity contribution is 7.80. The Bertz CT molecular complexity index is 956. The van der Waals surface area contributed by atoms with Crippen molar-refractivity contribution in [1.29, 1.82) is 0 Å². The molecule has 1 aromatic heterocycles. The number of hydrogen-bond donors (Lipinski definition) is 4. The van der Waals surface area contributed by atoms with Gasteiger partial charge in [-0.15, -0.1) is 11.3 Å². The van der Waals surface area contributed by atoms with Gasteiger partial charge in [0.1, 0.15) is 10.6 Å². The van der Waals surface area contributed by atoms with Crippen LogP contribution in [0.3, 0.4) is 0 Å². The SMILES string of the molecule is COc1ccc(-c2cc(N)c(C(=O)NNC(=S)NCc3ccccc3)s2)cc1. The minimum atomic E-state index is -0.342. The highest BCUT2D eigenvalue weighted by atomic mass is 32.1. The van der Waals surface area contributed by atoms with Crippen LogP contribution in [0.2, 0.25) is 0 Å². The third-order valence-electron chi connectivity index (χ3n) is 3.93. The molecule has 8 heteroatoms. The number of thiocarbonyl (C=S) groups is 1. The Morgan fingerprint density at radius 1 is 1.11 bits per heavy atom. The standard InChI is InChI=1S/C20H20N4O2S2/c1-26-15-9-7-14(8-10-15)17-11-16(21)18(28-17)19(25)23-24-20(27)22-12-13-5-3-2-4-6-13/h2-11H,12,21H2,1H3,(H,23,25)(H2,22,24,27). The first-order valence-corrected chi connectivity index (χ1v) is 9.71. The second-order valence-electron chi connectivity index (χ2n) is 5.87. The molecule has 0 aliphatic heterocycles. The molecule has 1 amide bonds. The van der Waals surface area contributed by atoms with Crippen molar-refractivity contribution in [3.63, 3.8) is 0 Å². The lowest BCUT2D eigenvalue weighted by molar-refractivity contribution is 0.0948. The van der Waals surface area contributed by atoms with Gasteiger partial charge in [0.05, 0.1) is 12.8 Å². The number of amides is 1. The lowest BCUT2D eigenvalue weighted by Gasteiger charge is -2.11. The zero-order valence-corrected chi connectivity index (χ0v) is 16.8. The van der Waals surface area contributed by atoms with Crippen LogP contribution in [0.1, 0.15) is 15.2 Å². The van der Waals surface area contributed by atoms with Gasteiger partial charge in [-0.3, -0.25) is 15.6 Å². The largest absolute Gasteiger partial charge is 0.497 e. The fourth-order valence-corrected chi connectivity index (χ4v) is 3.58. The number of thiophene rings is 1. The van der Waals surface area contributed by atoms with Crippen LogP contribution in [-0.4, -0.2) is 18.1 Å². The van der Waals surface area contributed by atoms with E-state index in [1.165, 1.54) is 11.3 Å². The van der Waals surface area contributed by atoms with Gasteiger partial charge in [0.2, 0.25) is 0 Å². The summed E-state index contributed by atoms with van der Waals surface area (Å²) < 4.78 is 5.16. The highest BCUT2D eigenvalue weighted by Gasteiger charge is 2.15. The number of hydrogen-bond acceptors (Lipinski definition) is 5. The maximum atomic E-state index is 12.4. The maximum Gasteiger partial charge on any atom is 0.281 e. The van der Waals surface area contributed by atoms with Crippen LogP contribution >= 0.6 is 23.6 Å². The summed E-state index contributed by atoms with van der Waals surface area (Å²) in [5.41, 5.74) is 13.8. The van der Waals surface area contributed by atoms with Crippen molar-refractivity contribution in [3.05, 3.63) is 71.1 Å². The molecule has 2 aromatic carbocycles. The van der Waals surface area contributed by atoms with Crippen LogP contribution in [0.4, 0.5) is 5.69 Å². The average Bonchev–Trinajstić information content (AvgIpc) is 3.13. The Balaban J connectivity index is 1.56. The summed E-state index contributed by atoms with van der Waals surface area (Å²) in [6, 6.07) is 19.2. The molecule has 0 bridgehead atoms. The van der Waals surface area contributed by atoms with E-state index in [1.54, 1.807) is 13.2 Å². The second kappa shape index (κ2) is 9.20. The minimum Gasteiger partial charge on any atom is -0.497 e. The van der Waals surface area contributed by atoms with Gasteiger partial charge >= 0.3 is 0 Å². The van der Waals surface area contributed by atoms with Gasteiger partial charge in [-0.25, -0.2) is 0 Å². The number of ether oxygens (including phenoxy) is 1. The average molecular weight is 413 g/mol. The number of nitrogen functional groups attached to an aromatic ring is 1. The van der Waals surface area contributed by atoms with E-state index in [2.05, 4.69) is 16.2 Å². The third kappa shape index (κ3) is 4.99. The Kier molecular flexibility index (Phi) is 6.46. The first kappa shape index (κ1) is 19.7. The molecule has 0 atom stereocenters. The second-order valence-corrected chi connectivity index (χ2v) is 7.33. The van der Waals surface area contributed by atoms with Crippen LogP contribution in [0.25, 0.3) is 10.4 Å². The van der Waals surface area contributed by atoms with Crippen LogP contribution in [-0.2, 0) is 6.54 Å². The van der Waals surface area contributed by atoms with E-state index in [0.29, 0.717) is 22.2 Å². The van der Waals surface area contributed by atoms with Crippen molar-refractivity contribution in [2.24, 2.45) is 0 Å². The van der Waals surface area contributed by atoms with Gasteiger partial charge in [0.25, 0.3) is 5.91 Å². The predicted octanol–water partition coefficient (Wildman–Crippen LogP) is 3.32. The normalized spacial score (nSPS) is 10.2. The van der Waals surface area contributed by atoms with Gasteiger partial charge in [0, 0.05) is 11.4 Å². The zero-order chi connectivity index (χ0) is 19.9. The van der Waals surface area contributed by atoms with Gasteiger partial charge in [-0.2, -0.15) is 0 Å². The molecule has 0 spiro atoms. The molecule has 0 radical (unpaired) electrons. The first-order valence-electron chi connectivity index (χ1n) is 8.48. The molecule has 1 heterocycles. The molecule has 0 saturated carbocycles. The van der Waals surface area contributed by atoms with E-state index < -0.39 is 0 Å². The van der Waals surface area contributed by atoms with E-state index in [9.17, 15) is 4.79 Å². The summed E-state index contributed by atoms with van der Waals surface area (Å²) in [5.74, 6) is 0.429. The molecule has 6 nitrogen and oxygen atoms in total. The van der Waals surface area contributed by atoms with Crippen LogP contribution in [0.5, 0.6) is 5.75 Å². The number of anilines is 1. The molecule has 144 valence electrons. The summed E-state index contributed by atoms with van der Waals surface area (Å²) >= 11 is 6.50. The molecular weight excluding hydrogens is 392 g/mol. The lowest BCUT2D eigenvalue weighted by atomic mass is 10.2. The van der Waals surface area contributed by atoms with Crippen molar-refractivity contribution in [2.75, 3.05) is 12.8 Å². The molecule has 0 aliphatic carbocycles. The number of carbonyl (C=O) groups is 1. The smallest absolute Gasteiger partial charge is 0.281 e. The van der Waals surface area contributed by atoms with E-state index in [0.717, 1.165) is 21.8 Å². The van der Waals surface area contributed by atoms with Crippen LogP contribution in [0, 0.1) is 0 Å². The van der Waals surface area contributed by atoms with Gasteiger partial charge in [-0.05, 0) is 53.7 Å². The first-order chi connectivity index (χ1) is 13.6. The van der Waals surface area contributed by atoms with Gasteiger partial charge in [-0.1, -0.05) is 30.3 Å². The van der Waals surface area contributed by atoms with Gasteiger partial charge < -0.3 is 15.8 Å². The Morgan fingerprint density at radius 2 is 1.82 bits per heavy atom. The summed E-state index contributed by atoms with van der Waals surface area (Å²) in [7, 11) is 1.62. The zero-order valence-electron chi connectivity index (χ0n) is 15.2. The van der Waals surface area contributed by atoms with Crippen molar-refractivity contribution in [3.8, 4) is 16.2 Å². The predicted molar refractivity (Wildman–Crippen MR) is 117 cm³/mol. The Morgan fingerprint density at radius 3 is 2.50 bits per heavy atom. The van der Waals surface area contributed by atoms with Crippen molar-refractivity contribution >= 4 is 40.3 Å². The Hall–Kier alpha value is -3.10. The highest BCUT2D eigenvalue weighted by Crippen LogP contribution is 2.33. The topological polar surface area (TPSA) is 88.4 Å². The van der Waals surface area contributed by atoms with Crippen LogP contribution < -0.4 is 26.6 Å². The quantitative estimate of drug-likeness (QED) is 0.380. The number of carbonyl (C=O) groups excluding carboxylic acids is 1. The van der Waals surface area contributed by atoms with E-state index in [4.69, 9.17) is 22.7 Å². The molecule has 3 aromatic rings. The number of rotatable bonds is 5. The van der Waals surface area contributed by atoms with Gasteiger partial charge in [0.15, 0.2) is 5.11 Å². The fourth-order valence-electron chi connectivity index (χ4n) is 2.47. The number of methoxy groups -OCH3 is 1. The summed E-state index contributed by atoms with van der Waals surface area (Å²) in [6.45, 7) is 0.561. The molecule has 0 aliphatic rings. The maximum absolute atomic E-state index is 12.4. The Labute approximate surface area is 172 Å². The molecule has 28 heavy (non-hydrogen) atoms. The fraction of sp³-hybridized carbons (Fsp3) is 0.100. The lowest BCUT2D eigenvalue weighted by Crippen LogP contribution is -2.46. The van der Waals surface area contributed by atoms with E-state index in [-0.39, 0.29) is 5.91 Å². The number of nitrogens with two attached hydrogens (primary N) is 1. The van der Waals surface area contributed by atoms with E-state index >= 15 is 0 Å². The van der Waals surface area contributed by atoms with Crippen molar-refractivity contribution < 1.29 is 9.53 Å². The minimum absolute atomic E-state index is 0.322. The molecular formula is C20H20N4O2S2. The van der Waals surface area contributed by atoms with Crippen LogP contribution in [0.15, 0.2) is 60.7 Å². The number of hydrazine groups is 1. The molecule has 3 rings (SSSR count). The summed E-state index contributed by atoms with van der Waals surface area (Å²) in [4.78, 5) is 13.8. The number of nitrogens with one attached hydrogen (secondary N) is 3. The third-order valence-corrected chi connectivity index (χ3v) is 5.37. The number of benzene rings is 2. The summed E-state index contributed by atoms with van der Waals surface area (Å²) in [6.07, 6.45) is 0. The van der Waals surface area contributed by atoms with Crippen molar-refractivity contribution in [1.82, 2.24) is 16.2 Å². The molecule has 0 saturated heterocycles.